The van der Waals surface area contributed by atoms with Crippen LogP contribution in [0.3, 0.4) is 0 Å². The number of nitrogens with one attached hydrogen (secondary N) is 1. The minimum Gasteiger partial charge on any atom is -0.365 e. The van der Waals surface area contributed by atoms with Crippen molar-refractivity contribution in [3.05, 3.63) is 45.9 Å². The number of fused-ring (bicyclic) bond motifs is 1. The first-order valence-electron chi connectivity index (χ1n) is 4.17. The summed E-state index contributed by atoms with van der Waals surface area (Å²) >= 11 is 5.92. The van der Waals surface area contributed by atoms with Crippen molar-refractivity contribution < 1.29 is 0 Å². The van der Waals surface area contributed by atoms with Crippen LogP contribution in [-0.2, 0) is 0 Å². The van der Waals surface area contributed by atoms with Crippen LogP contribution in [-0.4, -0.2) is 0 Å². The van der Waals surface area contributed by atoms with Gasteiger partial charge in [0.05, 0.1) is 0 Å². The van der Waals surface area contributed by atoms with Crippen molar-refractivity contribution in [1.29, 1.82) is 0 Å². The quantitative estimate of drug-likeness (QED) is 0.653. The van der Waals surface area contributed by atoms with Gasteiger partial charge in [0.15, 0.2) is 0 Å². The average molecular weight is 192 g/mol. The molecule has 1 N–H and O–H groups in total. The molecular formula is C11H10ClN. The van der Waals surface area contributed by atoms with E-state index in [2.05, 4.69) is 11.4 Å². The molecule has 0 saturated carbocycles. The summed E-state index contributed by atoms with van der Waals surface area (Å²) < 4.78 is 0. The molecule has 1 heterocycles. The van der Waals surface area contributed by atoms with E-state index in [0.29, 0.717) is 0 Å². The minimum absolute atomic E-state index is 0.773. The van der Waals surface area contributed by atoms with Crippen LogP contribution in [0.4, 0.5) is 0 Å². The Morgan fingerprint density at radius 2 is 2.15 bits per heavy atom. The van der Waals surface area contributed by atoms with E-state index < -0.39 is 0 Å². The molecule has 0 radical (unpaired) electrons. The molecule has 2 rings (SSSR count). The third-order valence-electron chi connectivity index (χ3n) is 2.09. The Kier molecular flexibility index (Phi) is 2.11. The predicted molar refractivity (Wildman–Crippen MR) is 56.5 cm³/mol. The van der Waals surface area contributed by atoms with E-state index in [1.807, 2.05) is 37.4 Å². The van der Waals surface area contributed by atoms with Gasteiger partial charge >= 0.3 is 0 Å². The molecule has 1 aromatic carbocycles. The Labute approximate surface area is 82.0 Å². The van der Waals surface area contributed by atoms with Gasteiger partial charge in [0, 0.05) is 22.1 Å². The van der Waals surface area contributed by atoms with Gasteiger partial charge in [-0.25, -0.2) is 0 Å². The molecule has 0 amide bonds. The Morgan fingerprint density at radius 3 is 3.00 bits per heavy atom. The van der Waals surface area contributed by atoms with Crippen LogP contribution in [0, 0.1) is 0 Å². The minimum atomic E-state index is 0.773. The van der Waals surface area contributed by atoms with Crippen LogP contribution >= 0.6 is 11.6 Å². The second-order valence-corrected chi connectivity index (χ2v) is 3.46. The molecule has 0 fully saturated rings. The zero-order chi connectivity index (χ0) is 9.26. The van der Waals surface area contributed by atoms with Gasteiger partial charge in [-0.2, -0.15) is 0 Å². The number of hydrogen-bond donors (Lipinski definition) is 1. The molecule has 1 aromatic rings. The predicted octanol–water partition coefficient (Wildman–Crippen LogP) is 1.37. The van der Waals surface area contributed by atoms with Crippen LogP contribution in [0.15, 0.2) is 30.5 Å². The maximum Gasteiger partial charge on any atom is 0.0413 e. The maximum absolute atomic E-state index is 5.92. The highest BCUT2D eigenvalue weighted by atomic mass is 35.5. The van der Waals surface area contributed by atoms with E-state index in [4.69, 9.17) is 11.6 Å². The monoisotopic (exact) mass is 191 g/mol. The lowest BCUT2D eigenvalue weighted by atomic mass is 10.2. The fraction of sp³-hybridized carbons (Fsp3) is 0.0909. The molecule has 0 saturated heterocycles. The van der Waals surface area contributed by atoms with Gasteiger partial charge in [0.2, 0.25) is 0 Å². The summed E-state index contributed by atoms with van der Waals surface area (Å²) in [4.78, 5) is 0. The normalized spacial score (nSPS) is 14.2. The summed E-state index contributed by atoms with van der Waals surface area (Å²) in [6.07, 6.45) is 5.97. The van der Waals surface area contributed by atoms with Crippen molar-refractivity contribution in [3.8, 4) is 0 Å². The van der Waals surface area contributed by atoms with Crippen molar-refractivity contribution in [1.82, 2.24) is 5.32 Å². The first kappa shape index (κ1) is 8.39. The lowest BCUT2D eigenvalue weighted by molar-refractivity contribution is 1.18. The SMILES string of the molecule is CC1=c2cc(Cl)ccc2=CC=CN1. The summed E-state index contributed by atoms with van der Waals surface area (Å²) in [5.74, 6) is 0. The highest BCUT2D eigenvalue weighted by molar-refractivity contribution is 6.30. The van der Waals surface area contributed by atoms with Gasteiger partial charge in [0.1, 0.15) is 0 Å². The number of hydrogen-bond acceptors (Lipinski definition) is 1. The van der Waals surface area contributed by atoms with Crippen LogP contribution < -0.4 is 15.8 Å². The van der Waals surface area contributed by atoms with E-state index in [0.717, 1.165) is 15.9 Å². The largest absolute Gasteiger partial charge is 0.365 e. The molecule has 1 nitrogen and oxygen atoms in total. The Morgan fingerprint density at radius 1 is 1.31 bits per heavy atom. The van der Waals surface area contributed by atoms with Crippen molar-refractivity contribution in [2.45, 2.75) is 6.92 Å². The molecular weight excluding hydrogens is 182 g/mol. The van der Waals surface area contributed by atoms with E-state index in [-0.39, 0.29) is 0 Å². The average Bonchev–Trinajstić information content (AvgIpc) is 2.29. The molecule has 2 heteroatoms. The van der Waals surface area contributed by atoms with Crippen LogP contribution in [0.5, 0.6) is 0 Å². The van der Waals surface area contributed by atoms with Gasteiger partial charge in [-0.05, 0) is 30.4 Å². The molecule has 0 atom stereocenters. The molecule has 66 valence electrons. The first-order chi connectivity index (χ1) is 6.27. The lowest BCUT2D eigenvalue weighted by Crippen LogP contribution is -2.28. The van der Waals surface area contributed by atoms with Gasteiger partial charge in [0.25, 0.3) is 0 Å². The van der Waals surface area contributed by atoms with Crippen LogP contribution in [0.2, 0.25) is 5.02 Å². The van der Waals surface area contributed by atoms with Gasteiger partial charge in [-0.1, -0.05) is 23.7 Å². The van der Waals surface area contributed by atoms with E-state index in [1.165, 1.54) is 5.22 Å². The highest BCUT2D eigenvalue weighted by Gasteiger charge is 1.94. The van der Waals surface area contributed by atoms with Crippen molar-refractivity contribution in [2.75, 3.05) is 0 Å². The number of allylic oxidation sites excluding steroid dienone is 1. The molecule has 0 spiro atoms. The van der Waals surface area contributed by atoms with Gasteiger partial charge in [-0.15, -0.1) is 0 Å². The second kappa shape index (κ2) is 3.27. The maximum atomic E-state index is 5.92. The zero-order valence-corrected chi connectivity index (χ0v) is 8.10. The molecule has 13 heavy (non-hydrogen) atoms. The third-order valence-corrected chi connectivity index (χ3v) is 2.33. The standard InChI is InChI=1S/C11H10ClN/c1-8-11-7-10(12)5-4-9(11)3-2-6-13-8/h2-7,13H,1H3. The smallest absolute Gasteiger partial charge is 0.0413 e. The molecule has 1 aliphatic rings. The number of benzene rings is 1. The molecule has 1 aliphatic heterocycles. The van der Waals surface area contributed by atoms with Crippen molar-refractivity contribution >= 4 is 23.4 Å². The topological polar surface area (TPSA) is 12.0 Å². The zero-order valence-electron chi connectivity index (χ0n) is 7.34. The van der Waals surface area contributed by atoms with Crippen LogP contribution in [0.1, 0.15) is 6.92 Å². The lowest BCUT2D eigenvalue weighted by Gasteiger charge is -1.99. The van der Waals surface area contributed by atoms with E-state index >= 15 is 0 Å². The summed E-state index contributed by atoms with van der Waals surface area (Å²) in [6, 6.07) is 5.91. The Hall–Kier alpha value is -1.21. The highest BCUT2D eigenvalue weighted by Crippen LogP contribution is 2.01. The van der Waals surface area contributed by atoms with Crippen molar-refractivity contribution in [3.63, 3.8) is 0 Å². The summed E-state index contributed by atoms with van der Waals surface area (Å²) in [5.41, 5.74) is 1.13. The molecule has 0 bridgehead atoms. The molecule has 0 aliphatic carbocycles. The Balaban J connectivity index is 2.86. The summed E-state index contributed by atoms with van der Waals surface area (Å²) in [6.45, 7) is 2.04. The Bertz CT molecular complexity index is 471. The van der Waals surface area contributed by atoms with E-state index in [1.54, 1.807) is 0 Å². The van der Waals surface area contributed by atoms with E-state index in [9.17, 15) is 0 Å². The fourth-order valence-corrected chi connectivity index (χ4v) is 1.57. The molecule has 0 unspecified atom stereocenters. The van der Waals surface area contributed by atoms with Crippen molar-refractivity contribution in [2.24, 2.45) is 0 Å². The molecule has 0 aromatic heterocycles. The van der Waals surface area contributed by atoms with Gasteiger partial charge in [-0.3, -0.25) is 0 Å². The van der Waals surface area contributed by atoms with Gasteiger partial charge < -0.3 is 5.32 Å². The number of halogens is 1. The number of rotatable bonds is 0. The third kappa shape index (κ3) is 1.61. The first-order valence-corrected chi connectivity index (χ1v) is 4.55. The second-order valence-electron chi connectivity index (χ2n) is 3.03. The van der Waals surface area contributed by atoms with Crippen LogP contribution in [0.25, 0.3) is 11.8 Å². The summed E-state index contributed by atoms with van der Waals surface area (Å²) in [5, 5.41) is 6.31. The fourth-order valence-electron chi connectivity index (χ4n) is 1.40. The summed E-state index contributed by atoms with van der Waals surface area (Å²) in [7, 11) is 0.